The third-order valence-electron chi connectivity index (χ3n) is 4.53. The van der Waals surface area contributed by atoms with Gasteiger partial charge in [-0.1, -0.05) is 29.4 Å². The first-order valence-corrected chi connectivity index (χ1v) is 10.3. The highest BCUT2D eigenvalue weighted by Gasteiger charge is 2.22. The summed E-state index contributed by atoms with van der Waals surface area (Å²) in [4.78, 5) is 28.4. The number of fused-ring (bicyclic) bond motifs is 2. The molecule has 0 unspecified atom stereocenters. The molecule has 2 heterocycles. The number of nitro groups is 1. The van der Waals surface area contributed by atoms with Crippen LogP contribution in [0.4, 0.5) is 5.69 Å². The summed E-state index contributed by atoms with van der Waals surface area (Å²) in [6.07, 6.45) is 1.62. The largest absolute Gasteiger partial charge is 0.467 e. The minimum atomic E-state index is -0.451. The van der Waals surface area contributed by atoms with Crippen molar-refractivity contribution >= 4 is 40.0 Å². The monoisotopic (exact) mass is 445 g/mol. The van der Waals surface area contributed by atoms with Crippen LogP contribution < -0.4 is 10.3 Å². The second-order valence-corrected chi connectivity index (χ2v) is 7.89. The Morgan fingerprint density at radius 2 is 2.20 bits per heavy atom. The third-order valence-corrected chi connectivity index (χ3v) is 5.79. The van der Waals surface area contributed by atoms with Crippen molar-refractivity contribution in [2.45, 2.75) is 24.1 Å². The molecule has 8 nitrogen and oxygen atoms in total. The first kappa shape index (κ1) is 20.4. The van der Waals surface area contributed by atoms with E-state index in [4.69, 9.17) is 21.1 Å². The third kappa shape index (κ3) is 3.91. The van der Waals surface area contributed by atoms with Gasteiger partial charge >= 0.3 is 0 Å². The fraction of sp³-hybridized carbons (Fsp3) is 0.200. The van der Waals surface area contributed by atoms with Crippen molar-refractivity contribution in [1.29, 1.82) is 0 Å². The Labute approximate surface area is 180 Å². The molecule has 0 aliphatic carbocycles. The van der Waals surface area contributed by atoms with Crippen molar-refractivity contribution in [3.63, 3.8) is 0 Å². The molecule has 0 fully saturated rings. The van der Waals surface area contributed by atoms with Gasteiger partial charge in [0, 0.05) is 40.6 Å². The van der Waals surface area contributed by atoms with Crippen molar-refractivity contribution < 1.29 is 14.4 Å². The van der Waals surface area contributed by atoms with E-state index >= 15 is 0 Å². The lowest BCUT2D eigenvalue weighted by atomic mass is 10.1. The molecule has 1 aromatic heterocycles. The number of rotatable bonds is 6. The molecular formula is C20H16ClN3O5S. The van der Waals surface area contributed by atoms with Crippen LogP contribution in [0.2, 0.25) is 5.02 Å². The number of non-ortho nitro benzene ring substituents is 1. The molecule has 10 heteroatoms. The van der Waals surface area contributed by atoms with Crippen molar-refractivity contribution in [1.82, 2.24) is 9.55 Å². The topological polar surface area (TPSA) is 96.5 Å². The van der Waals surface area contributed by atoms with Crippen molar-refractivity contribution in [2.24, 2.45) is 0 Å². The molecule has 30 heavy (non-hydrogen) atoms. The van der Waals surface area contributed by atoms with Gasteiger partial charge in [-0.2, -0.15) is 0 Å². The van der Waals surface area contributed by atoms with E-state index in [2.05, 4.69) is 11.6 Å². The molecule has 154 valence electrons. The predicted octanol–water partition coefficient (Wildman–Crippen LogP) is 4.30. The molecule has 0 radical (unpaired) electrons. The fourth-order valence-electron chi connectivity index (χ4n) is 3.21. The molecule has 0 saturated carbocycles. The minimum Gasteiger partial charge on any atom is -0.467 e. The summed E-state index contributed by atoms with van der Waals surface area (Å²) >= 11 is 7.35. The van der Waals surface area contributed by atoms with Crippen LogP contribution in [0.3, 0.4) is 0 Å². The van der Waals surface area contributed by atoms with Crippen molar-refractivity contribution in [3.8, 4) is 5.75 Å². The average molecular weight is 446 g/mol. The Bertz CT molecular complexity index is 1230. The standard InChI is InChI=1S/C20H16ClN3O5S/c1-2-5-23-19(25)16-4-3-14(21)8-17(16)22-20(23)30-10-13-7-15(24(26)27)6-12-9-28-11-29-18(12)13/h2-4,6-8H,1,5,9-11H2. The quantitative estimate of drug-likeness (QED) is 0.183. The summed E-state index contributed by atoms with van der Waals surface area (Å²) in [6, 6.07) is 7.85. The lowest BCUT2D eigenvalue weighted by Crippen LogP contribution is -2.22. The molecule has 0 N–H and O–H groups in total. The summed E-state index contributed by atoms with van der Waals surface area (Å²) in [6.45, 7) is 4.31. The van der Waals surface area contributed by atoms with Gasteiger partial charge in [-0.05, 0) is 18.2 Å². The van der Waals surface area contributed by atoms with Gasteiger partial charge in [0.05, 0.1) is 22.4 Å². The Hall–Kier alpha value is -2.88. The summed E-state index contributed by atoms with van der Waals surface area (Å²) < 4.78 is 12.3. The second-order valence-electron chi connectivity index (χ2n) is 6.51. The highest BCUT2D eigenvalue weighted by Crippen LogP contribution is 2.36. The number of allylic oxidation sites excluding steroid dienone is 1. The van der Waals surface area contributed by atoms with Crippen molar-refractivity contribution in [2.75, 3.05) is 6.79 Å². The van der Waals surface area contributed by atoms with E-state index in [-0.39, 0.29) is 31.2 Å². The molecular weight excluding hydrogens is 430 g/mol. The normalized spacial score (nSPS) is 13.0. The molecule has 1 aliphatic heterocycles. The van der Waals surface area contributed by atoms with E-state index in [0.717, 1.165) is 0 Å². The molecule has 0 saturated heterocycles. The van der Waals surface area contributed by atoms with E-state index in [1.807, 2.05) is 0 Å². The number of benzene rings is 2. The first-order chi connectivity index (χ1) is 14.5. The number of hydrogen-bond acceptors (Lipinski definition) is 7. The zero-order chi connectivity index (χ0) is 21.3. The van der Waals surface area contributed by atoms with Crippen molar-refractivity contribution in [3.05, 3.63) is 79.6 Å². The van der Waals surface area contributed by atoms with Crippen LogP contribution in [-0.4, -0.2) is 21.3 Å². The summed E-state index contributed by atoms with van der Waals surface area (Å²) in [5, 5.41) is 12.7. The summed E-state index contributed by atoms with van der Waals surface area (Å²) in [5.41, 5.74) is 1.50. The van der Waals surface area contributed by atoms with Gasteiger partial charge in [-0.25, -0.2) is 4.98 Å². The van der Waals surface area contributed by atoms with Gasteiger partial charge in [-0.3, -0.25) is 19.5 Å². The predicted molar refractivity (Wildman–Crippen MR) is 114 cm³/mol. The highest BCUT2D eigenvalue weighted by molar-refractivity contribution is 7.98. The summed E-state index contributed by atoms with van der Waals surface area (Å²) in [5.74, 6) is 0.889. The zero-order valence-corrected chi connectivity index (χ0v) is 17.2. The molecule has 3 aromatic rings. The molecule has 0 atom stereocenters. The number of aromatic nitrogens is 2. The number of hydrogen-bond donors (Lipinski definition) is 0. The van der Waals surface area contributed by atoms with E-state index < -0.39 is 4.92 Å². The van der Waals surface area contributed by atoms with Crippen LogP contribution in [0.5, 0.6) is 5.75 Å². The van der Waals surface area contributed by atoms with Crippen LogP contribution in [0.25, 0.3) is 10.9 Å². The van der Waals surface area contributed by atoms with Crippen LogP contribution in [0.1, 0.15) is 11.1 Å². The maximum atomic E-state index is 12.9. The minimum absolute atomic E-state index is 0.0415. The second kappa shape index (κ2) is 8.47. The smallest absolute Gasteiger partial charge is 0.270 e. The number of nitrogens with zero attached hydrogens (tertiary/aromatic N) is 3. The lowest BCUT2D eigenvalue weighted by molar-refractivity contribution is -0.385. The van der Waals surface area contributed by atoms with Gasteiger partial charge in [-0.15, -0.1) is 6.58 Å². The van der Waals surface area contributed by atoms with Gasteiger partial charge in [0.1, 0.15) is 5.75 Å². The number of thioether (sulfide) groups is 1. The Balaban J connectivity index is 1.75. The molecule has 1 aliphatic rings. The van der Waals surface area contributed by atoms with E-state index in [0.29, 0.717) is 43.7 Å². The molecule has 0 bridgehead atoms. The molecule has 2 aromatic carbocycles. The van der Waals surface area contributed by atoms with Gasteiger partial charge in [0.15, 0.2) is 11.9 Å². The average Bonchev–Trinajstić information content (AvgIpc) is 2.73. The maximum Gasteiger partial charge on any atom is 0.270 e. The van der Waals surface area contributed by atoms with Gasteiger partial charge in [0.25, 0.3) is 11.2 Å². The van der Waals surface area contributed by atoms with E-state index in [1.54, 1.807) is 24.3 Å². The number of halogens is 1. The molecule has 4 rings (SSSR count). The SMILES string of the molecule is C=CCn1c(SCc2cc([N+](=O)[O-])cc3c2OCOC3)nc2cc(Cl)ccc2c1=O. The fourth-order valence-corrected chi connectivity index (χ4v) is 4.35. The van der Waals surface area contributed by atoms with Crippen LogP contribution in [-0.2, 0) is 23.6 Å². The maximum absolute atomic E-state index is 12.9. The first-order valence-electron chi connectivity index (χ1n) is 8.92. The molecule has 0 spiro atoms. The molecule has 0 amide bonds. The van der Waals surface area contributed by atoms with Crippen LogP contribution >= 0.6 is 23.4 Å². The Morgan fingerprint density at radius 1 is 1.37 bits per heavy atom. The lowest BCUT2D eigenvalue weighted by Gasteiger charge is -2.20. The highest BCUT2D eigenvalue weighted by atomic mass is 35.5. The zero-order valence-electron chi connectivity index (χ0n) is 15.7. The van der Waals surface area contributed by atoms with E-state index in [9.17, 15) is 14.9 Å². The summed E-state index contributed by atoms with van der Waals surface area (Å²) in [7, 11) is 0. The number of ether oxygens (including phenoxy) is 2. The van der Waals surface area contributed by atoms with Crippen LogP contribution in [0, 0.1) is 10.1 Å². The van der Waals surface area contributed by atoms with Crippen LogP contribution in [0.15, 0.2) is 52.9 Å². The van der Waals surface area contributed by atoms with Gasteiger partial charge < -0.3 is 9.47 Å². The Kier molecular flexibility index (Phi) is 5.76. The van der Waals surface area contributed by atoms with Gasteiger partial charge in [0.2, 0.25) is 0 Å². The van der Waals surface area contributed by atoms with E-state index in [1.165, 1.54) is 28.5 Å². The number of nitro benzene ring substituents is 1. The Morgan fingerprint density at radius 3 is 2.97 bits per heavy atom.